The molecule has 0 aliphatic carbocycles. The van der Waals surface area contributed by atoms with Crippen LogP contribution < -0.4 is 0 Å². The number of esters is 2. The topological polar surface area (TPSA) is 107 Å². The minimum Gasteiger partial charge on any atom is -0.465 e. The molecule has 3 aromatic heterocycles. The van der Waals surface area contributed by atoms with Crippen molar-refractivity contribution >= 4 is 23.0 Å². The lowest BCUT2D eigenvalue weighted by Crippen LogP contribution is -2.07. The van der Waals surface area contributed by atoms with E-state index in [0.717, 1.165) is 12.0 Å². The summed E-state index contributed by atoms with van der Waals surface area (Å²) in [4.78, 5) is 33.4. The number of hydrogen-bond donors (Lipinski definition) is 1. The summed E-state index contributed by atoms with van der Waals surface area (Å²) in [7, 11) is 1.31. The van der Waals surface area contributed by atoms with Gasteiger partial charge in [0.2, 0.25) is 0 Å². The Hall–Kier alpha value is -4.07. The van der Waals surface area contributed by atoms with E-state index >= 15 is 0 Å². The molecule has 0 unspecified atom stereocenters. The fourth-order valence-corrected chi connectivity index (χ4v) is 3.42. The minimum absolute atomic E-state index is 0.239. The van der Waals surface area contributed by atoms with Crippen molar-refractivity contribution in [2.75, 3.05) is 13.7 Å². The van der Waals surface area contributed by atoms with Crippen LogP contribution in [0.3, 0.4) is 0 Å². The number of nitrogens with zero attached hydrogens (tertiary/aromatic N) is 3. The van der Waals surface area contributed by atoms with Crippen molar-refractivity contribution < 1.29 is 19.1 Å². The van der Waals surface area contributed by atoms with Gasteiger partial charge in [-0.2, -0.15) is 5.10 Å². The number of methoxy groups -OCH3 is 1. The molecule has 1 aromatic carbocycles. The number of pyridine rings is 2. The molecule has 1 N–H and O–H groups in total. The van der Waals surface area contributed by atoms with Gasteiger partial charge in [0.05, 0.1) is 47.3 Å². The summed E-state index contributed by atoms with van der Waals surface area (Å²) in [5, 5.41) is 7.94. The summed E-state index contributed by atoms with van der Waals surface area (Å²) >= 11 is 0. The van der Waals surface area contributed by atoms with Crippen LogP contribution in [0.25, 0.3) is 33.7 Å². The van der Waals surface area contributed by atoms with Gasteiger partial charge in [-0.05, 0) is 37.1 Å². The van der Waals surface area contributed by atoms with Gasteiger partial charge in [-0.1, -0.05) is 31.2 Å². The number of carbonyl (C=O) groups is 2. The standard InChI is InChI=1S/C24H22N4O4/c1-4-14-6-8-15(9-7-14)21-20-17(24(30)32-5-2)12-19(26-22(20)28-27-21)18-11-10-16(13-25-18)23(29)31-3/h6-13H,4-5H2,1-3H3,(H,26,27,28). The second kappa shape index (κ2) is 8.97. The highest BCUT2D eigenvalue weighted by Gasteiger charge is 2.21. The van der Waals surface area contributed by atoms with E-state index in [1.807, 2.05) is 24.3 Å². The van der Waals surface area contributed by atoms with Crippen molar-refractivity contribution in [3.05, 3.63) is 65.4 Å². The third-order valence-electron chi connectivity index (χ3n) is 5.12. The van der Waals surface area contributed by atoms with Gasteiger partial charge in [0.25, 0.3) is 0 Å². The number of H-pyrrole nitrogens is 1. The van der Waals surface area contributed by atoms with Gasteiger partial charge in [-0.25, -0.2) is 14.6 Å². The van der Waals surface area contributed by atoms with Gasteiger partial charge in [0, 0.05) is 11.8 Å². The molecule has 8 nitrogen and oxygen atoms in total. The number of rotatable bonds is 6. The number of hydrogen-bond acceptors (Lipinski definition) is 7. The monoisotopic (exact) mass is 430 g/mol. The first-order valence-electron chi connectivity index (χ1n) is 10.3. The molecule has 0 fully saturated rings. The van der Waals surface area contributed by atoms with Crippen LogP contribution in [-0.4, -0.2) is 45.8 Å². The summed E-state index contributed by atoms with van der Waals surface area (Å²) in [5.41, 5.74) is 4.76. The Kier molecular flexibility index (Phi) is 5.93. The molecule has 0 radical (unpaired) electrons. The van der Waals surface area contributed by atoms with Crippen molar-refractivity contribution in [1.29, 1.82) is 0 Å². The summed E-state index contributed by atoms with van der Waals surface area (Å²) in [6.45, 7) is 4.09. The number of benzene rings is 1. The molecule has 0 amide bonds. The second-order valence-corrected chi connectivity index (χ2v) is 7.05. The Morgan fingerprint density at radius 1 is 1.00 bits per heavy atom. The van der Waals surface area contributed by atoms with E-state index in [-0.39, 0.29) is 6.61 Å². The molecule has 0 saturated carbocycles. The highest BCUT2D eigenvalue weighted by atomic mass is 16.5. The largest absolute Gasteiger partial charge is 0.465 e. The van der Waals surface area contributed by atoms with Gasteiger partial charge < -0.3 is 9.47 Å². The van der Waals surface area contributed by atoms with E-state index in [1.165, 1.54) is 18.9 Å². The van der Waals surface area contributed by atoms with Crippen molar-refractivity contribution in [2.45, 2.75) is 20.3 Å². The van der Waals surface area contributed by atoms with Crippen LogP contribution in [-0.2, 0) is 15.9 Å². The molecular formula is C24H22N4O4. The van der Waals surface area contributed by atoms with Crippen LogP contribution in [0, 0.1) is 0 Å². The zero-order chi connectivity index (χ0) is 22.7. The zero-order valence-electron chi connectivity index (χ0n) is 18.0. The molecule has 32 heavy (non-hydrogen) atoms. The van der Waals surface area contributed by atoms with Crippen molar-refractivity contribution in [1.82, 2.24) is 20.2 Å². The molecule has 3 heterocycles. The van der Waals surface area contributed by atoms with E-state index in [1.54, 1.807) is 25.1 Å². The highest BCUT2D eigenvalue weighted by Crippen LogP contribution is 2.31. The highest BCUT2D eigenvalue weighted by molar-refractivity contribution is 6.08. The van der Waals surface area contributed by atoms with Gasteiger partial charge in [-0.3, -0.25) is 10.1 Å². The van der Waals surface area contributed by atoms with Crippen LogP contribution in [0.15, 0.2) is 48.7 Å². The lowest BCUT2D eigenvalue weighted by molar-refractivity contribution is 0.0527. The SMILES string of the molecule is CCOC(=O)c1cc(-c2ccc(C(=O)OC)cn2)nc2n[nH]c(-c3ccc(CC)cc3)c12. The quantitative estimate of drug-likeness (QED) is 0.457. The number of nitrogens with one attached hydrogen (secondary N) is 1. The molecular weight excluding hydrogens is 408 g/mol. The van der Waals surface area contributed by atoms with Crippen LogP contribution >= 0.6 is 0 Å². The van der Waals surface area contributed by atoms with E-state index in [9.17, 15) is 9.59 Å². The van der Waals surface area contributed by atoms with E-state index in [4.69, 9.17) is 9.47 Å². The molecule has 0 aliphatic rings. The Morgan fingerprint density at radius 2 is 1.78 bits per heavy atom. The Balaban J connectivity index is 1.85. The smallest absolute Gasteiger partial charge is 0.339 e. The van der Waals surface area contributed by atoms with Crippen LogP contribution in [0.1, 0.15) is 40.1 Å². The maximum Gasteiger partial charge on any atom is 0.339 e. The number of ether oxygens (including phenoxy) is 2. The van der Waals surface area contributed by atoms with Crippen molar-refractivity contribution in [3.8, 4) is 22.6 Å². The predicted octanol–water partition coefficient (Wildman–Crippen LogP) is 4.21. The average Bonchev–Trinajstić information content (AvgIpc) is 3.27. The first-order valence-corrected chi connectivity index (χ1v) is 10.3. The Bertz CT molecular complexity index is 1280. The number of carbonyl (C=O) groups excluding carboxylic acids is 2. The van der Waals surface area contributed by atoms with Gasteiger partial charge in [0.1, 0.15) is 0 Å². The summed E-state index contributed by atoms with van der Waals surface area (Å²) < 4.78 is 10.0. The van der Waals surface area contributed by atoms with E-state index in [2.05, 4.69) is 27.1 Å². The second-order valence-electron chi connectivity index (χ2n) is 7.05. The van der Waals surface area contributed by atoms with Crippen LogP contribution in [0.5, 0.6) is 0 Å². The zero-order valence-corrected chi connectivity index (χ0v) is 18.0. The van der Waals surface area contributed by atoms with Crippen LogP contribution in [0.2, 0.25) is 0 Å². The molecule has 0 atom stereocenters. The predicted molar refractivity (Wildman–Crippen MR) is 119 cm³/mol. The maximum absolute atomic E-state index is 12.8. The molecule has 0 spiro atoms. The molecule has 8 heteroatoms. The number of aryl methyl sites for hydroxylation is 1. The fourth-order valence-electron chi connectivity index (χ4n) is 3.42. The first kappa shape index (κ1) is 21.2. The molecule has 0 bridgehead atoms. The first-order chi connectivity index (χ1) is 15.5. The normalized spacial score (nSPS) is 10.8. The van der Waals surface area contributed by atoms with E-state index < -0.39 is 11.9 Å². The lowest BCUT2D eigenvalue weighted by atomic mass is 10.0. The molecule has 0 aliphatic heterocycles. The minimum atomic E-state index is -0.481. The van der Waals surface area contributed by atoms with Gasteiger partial charge in [-0.15, -0.1) is 0 Å². The van der Waals surface area contributed by atoms with Gasteiger partial charge in [0.15, 0.2) is 5.65 Å². The molecule has 4 rings (SSSR count). The fraction of sp³-hybridized carbons (Fsp3) is 0.208. The summed E-state index contributed by atoms with van der Waals surface area (Å²) in [5.74, 6) is -0.953. The molecule has 4 aromatic rings. The molecule has 162 valence electrons. The lowest BCUT2D eigenvalue weighted by Gasteiger charge is -2.08. The van der Waals surface area contributed by atoms with E-state index in [0.29, 0.717) is 39.2 Å². The third-order valence-corrected chi connectivity index (χ3v) is 5.12. The van der Waals surface area contributed by atoms with Crippen molar-refractivity contribution in [3.63, 3.8) is 0 Å². The van der Waals surface area contributed by atoms with Gasteiger partial charge >= 0.3 is 11.9 Å². The third kappa shape index (κ3) is 3.94. The Morgan fingerprint density at radius 3 is 2.41 bits per heavy atom. The number of aromatic nitrogens is 4. The number of aromatic amines is 1. The molecule has 0 saturated heterocycles. The van der Waals surface area contributed by atoms with Crippen molar-refractivity contribution in [2.24, 2.45) is 0 Å². The number of fused-ring (bicyclic) bond motifs is 1. The average molecular weight is 430 g/mol. The van der Waals surface area contributed by atoms with Crippen LogP contribution in [0.4, 0.5) is 0 Å². The Labute approximate surface area is 184 Å². The summed E-state index contributed by atoms with van der Waals surface area (Å²) in [6, 6.07) is 12.9. The summed E-state index contributed by atoms with van der Waals surface area (Å²) in [6.07, 6.45) is 2.34. The maximum atomic E-state index is 12.8.